The first-order chi connectivity index (χ1) is 14.5. The Balaban J connectivity index is 1.41. The van der Waals surface area contributed by atoms with Gasteiger partial charge in [-0.05, 0) is 42.8 Å². The highest BCUT2D eigenvalue weighted by Crippen LogP contribution is 2.29. The zero-order valence-electron chi connectivity index (χ0n) is 17.2. The number of anilines is 1. The second kappa shape index (κ2) is 8.06. The lowest BCUT2D eigenvalue weighted by Crippen LogP contribution is -2.28. The van der Waals surface area contributed by atoms with Crippen LogP contribution in [0.4, 0.5) is 5.69 Å². The van der Waals surface area contributed by atoms with Crippen LogP contribution >= 0.6 is 0 Å². The van der Waals surface area contributed by atoms with Crippen molar-refractivity contribution in [2.24, 2.45) is 5.92 Å². The van der Waals surface area contributed by atoms with Gasteiger partial charge in [-0.25, -0.2) is 4.98 Å². The number of H-pyrrole nitrogens is 1. The van der Waals surface area contributed by atoms with Crippen LogP contribution in [0, 0.1) is 12.8 Å². The molecule has 2 heterocycles. The predicted octanol–water partition coefficient (Wildman–Crippen LogP) is 2.88. The van der Waals surface area contributed by atoms with Gasteiger partial charge >= 0.3 is 0 Å². The van der Waals surface area contributed by atoms with Gasteiger partial charge in [-0.15, -0.1) is 0 Å². The SMILES string of the molecule is COc1ccc(CN2C[C@@H](C(=O)Nc3ccc4nc(C)[nH]c4c3)CC2=O)cc1OC. The van der Waals surface area contributed by atoms with Crippen LogP contribution in [-0.2, 0) is 16.1 Å². The van der Waals surface area contributed by atoms with Crippen LogP contribution in [0.2, 0.25) is 0 Å². The Morgan fingerprint density at radius 1 is 1.20 bits per heavy atom. The zero-order chi connectivity index (χ0) is 21.3. The number of aromatic amines is 1. The van der Waals surface area contributed by atoms with Crippen LogP contribution in [0.25, 0.3) is 11.0 Å². The van der Waals surface area contributed by atoms with Gasteiger partial charge in [0.1, 0.15) is 5.82 Å². The maximum Gasteiger partial charge on any atom is 0.229 e. The van der Waals surface area contributed by atoms with E-state index in [1.165, 1.54) is 0 Å². The first kappa shape index (κ1) is 19.8. The molecule has 0 saturated carbocycles. The van der Waals surface area contributed by atoms with Gasteiger partial charge in [-0.1, -0.05) is 6.07 Å². The Morgan fingerprint density at radius 3 is 2.77 bits per heavy atom. The summed E-state index contributed by atoms with van der Waals surface area (Å²) in [5, 5.41) is 2.92. The van der Waals surface area contributed by atoms with E-state index in [9.17, 15) is 9.59 Å². The minimum absolute atomic E-state index is 0.0374. The summed E-state index contributed by atoms with van der Waals surface area (Å²) in [6, 6.07) is 11.1. The third-order valence-electron chi connectivity index (χ3n) is 5.27. The molecule has 0 radical (unpaired) electrons. The number of rotatable bonds is 6. The molecule has 8 nitrogen and oxygen atoms in total. The minimum atomic E-state index is -0.392. The first-order valence-corrected chi connectivity index (χ1v) is 9.72. The van der Waals surface area contributed by atoms with Crippen molar-refractivity contribution in [1.29, 1.82) is 0 Å². The van der Waals surface area contributed by atoms with Gasteiger partial charge in [-0.3, -0.25) is 9.59 Å². The molecule has 1 aliphatic rings. The normalized spacial score (nSPS) is 16.2. The van der Waals surface area contributed by atoms with Crippen LogP contribution in [0.5, 0.6) is 11.5 Å². The van der Waals surface area contributed by atoms with Gasteiger partial charge in [0.15, 0.2) is 11.5 Å². The number of imidazole rings is 1. The average molecular weight is 408 g/mol. The molecular formula is C22H24N4O4. The van der Waals surface area contributed by atoms with E-state index in [4.69, 9.17) is 9.47 Å². The van der Waals surface area contributed by atoms with Crippen LogP contribution in [0.3, 0.4) is 0 Å². The first-order valence-electron chi connectivity index (χ1n) is 9.72. The number of amides is 2. The Labute approximate surface area is 174 Å². The molecule has 30 heavy (non-hydrogen) atoms. The quantitative estimate of drug-likeness (QED) is 0.654. The molecule has 1 atom stereocenters. The summed E-state index contributed by atoms with van der Waals surface area (Å²) in [4.78, 5) is 34.4. The summed E-state index contributed by atoms with van der Waals surface area (Å²) in [5.41, 5.74) is 3.31. The van der Waals surface area contributed by atoms with E-state index in [2.05, 4.69) is 15.3 Å². The monoisotopic (exact) mass is 408 g/mol. The zero-order valence-corrected chi connectivity index (χ0v) is 17.2. The van der Waals surface area contributed by atoms with Crippen LogP contribution in [0.1, 0.15) is 17.8 Å². The fraction of sp³-hybridized carbons (Fsp3) is 0.318. The van der Waals surface area contributed by atoms with Crippen molar-refractivity contribution in [1.82, 2.24) is 14.9 Å². The van der Waals surface area contributed by atoms with Crippen molar-refractivity contribution in [2.45, 2.75) is 19.9 Å². The van der Waals surface area contributed by atoms with Gasteiger partial charge in [0.25, 0.3) is 0 Å². The van der Waals surface area contributed by atoms with E-state index >= 15 is 0 Å². The molecule has 1 saturated heterocycles. The molecule has 0 bridgehead atoms. The van der Waals surface area contributed by atoms with Crippen molar-refractivity contribution in [3.8, 4) is 11.5 Å². The van der Waals surface area contributed by atoms with Gasteiger partial charge in [0.05, 0.1) is 31.2 Å². The number of nitrogens with zero attached hydrogens (tertiary/aromatic N) is 2. The number of ether oxygens (including phenoxy) is 2. The average Bonchev–Trinajstić information content (AvgIpc) is 3.29. The third kappa shape index (κ3) is 3.94. The standard InChI is InChI=1S/C22H24N4O4/c1-13-23-17-6-5-16(10-18(17)24-13)25-22(28)15-9-21(27)26(12-15)11-14-4-7-19(29-2)20(8-14)30-3/h4-8,10,15H,9,11-12H2,1-3H3,(H,23,24)(H,25,28)/t15-/m0/s1. The lowest BCUT2D eigenvalue weighted by atomic mass is 10.1. The molecule has 2 N–H and O–H groups in total. The van der Waals surface area contributed by atoms with E-state index in [1.54, 1.807) is 19.1 Å². The Kier molecular flexibility index (Phi) is 5.31. The van der Waals surface area contributed by atoms with Crippen LogP contribution in [0.15, 0.2) is 36.4 Å². The third-order valence-corrected chi connectivity index (χ3v) is 5.27. The number of benzene rings is 2. The molecule has 1 fully saturated rings. The largest absolute Gasteiger partial charge is 0.493 e. The molecule has 0 unspecified atom stereocenters. The maximum absolute atomic E-state index is 12.7. The summed E-state index contributed by atoms with van der Waals surface area (Å²) in [6.07, 6.45) is 0.199. The Bertz CT molecular complexity index is 1110. The fourth-order valence-electron chi connectivity index (χ4n) is 3.76. The second-order valence-corrected chi connectivity index (χ2v) is 7.41. The van der Waals surface area contributed by atoms with E-state index in [-0.39, 0.29) is 18.2 Å². The molecular weight excluding hydrogens is 384 g/mol. The van der Waals surface area contributed by atoms with Crippen molar-refractivity contribution in [3.63, 3.8) is 0 Å². The topological polar surface area (TPSA) is 96.5 Å². The van der Waals surface area contributed by atoms with Gasteiger partial charge in [0.2, 0.25) is 11.8 Å². The number of carbonyl (C=O) groups is 2. The smallest absolute Gasteiger partial charge is 0.229 e. The molecule has 0 aliphatic carbocycles. The van der Waals surface area contributed by atoms with Crippen LogP contribution < -0.4 is 14.8 Å². The van der Waals surface area contributed by atoms with E-state index in [0.717, 1.165) is 22.4 Å². The van der Waals surface area contributed by atoms with Gasteiger partial charge < -0.3 is 24.7 Å². The number of carbonyl (C=O) groups excluding carboxylic acids is 2. The highest BCUT2D eigenvalue weighted by molar-refractivity contribution is 5.98. The van der Waals surface area contributed by atoms with Crippen molar-refractivity contribution in [3.05, 3.63) is 47.8 Å². The molecule has 3 aromatic rings. The van der Waals surface area contributed by atoms with Crippen LogP contribution in [-0.4, -0.2) is 47.4 Å². The molecule has 1 aromatic heterocycles. The summed E-state index contributed by atoms with van der Waals surface area (Å²) >= 11 is 0. The Hall–Kier alpha value is -3.55. The summed E-state index contributed by atoms with van der Waals surface area (Å²) < 4.78 is 10.6. The van der Waals surface area contributed by atoms with E-state index < -0.39 is 5.92 Å². The lowest BCUT2D eigenvalue weighted by molar-refractivity contribution is -0.128. The molecule has 1 aliphatic heterocycles. The molecule has 0 spiro atoms. The molecule has 2 amide bonds. The van der Waals surface area contributed by atoms with Crippen molar-refractivity contribution < 1.29 is 19.1 Å². The maximum atomic E-state index is 12.7. The number of nitrogens with one attached hydrogen (secondary N) is 2. The van der Waals surface area contributed by atoms with Gasteiger partial charge in [-0.2, -0.15) is 0 Å². The van der Waals surface area contributed by atoms with Crippen molar-refractivity contribution in [2.75, 3.05) is 26.1 Å². The minimum Gasteiger partial charge on any atom is -0.493 e. The fourth-order valence-corrected chi connectivity index (χ4v) is 3.76. The number of aromatic nitrogens is 2. The summed E-state index contributed by atoms with van der Waals surface area (Å²) in [6.45, 7) is 2.68. The van der Waals surface area contributed by atoms with E-state index in [0.29, 0.717) is 30.3 Å². The predicted molar refractivity (Wildman–Crippen MR) is 113 cm³/mol. The Morgan fingerprint density at radius 2 is 2.00 bits per heavy atom. The summed E-state index contributed by atoms with van der Waals surface area (Å²) in [5.74, 6) is 1.48. The number of aryl methyl sites for hydroxylation is 1. The molecule has 4 rings (SSSR count). The number of fused-ring (bicyclic) bond motifs is 1. The molecule has 156 valence electrons. The van der Waals surface area contributed by atoms with E-state index in [1.807, 2.05) is 43.3 Å². The summed E-state index contributed by atoms with van der Waals surface area (Å²) in [7, 11) is 3.15. The highest BCUT2D eigenvalue weighted by Gasteiger charge is 2.34. The number of methoxy groups -OCH3 is 2. The van der Waals surface area contributed by atoms with Gasteiger partial charge in [0, 0.05) is 25.2 Å². The molecule has 8 heteroatoms. The number of hydrogen-bond donors (Lipinski definition) is 2. The highest BCUT2D eigenvalue weighted by atomic mass is 16.5. The number of likely N-dealkylation sites (tertiary alicyclic amines) is 1. The number of hydrogen-bond acceptors (Lipinski definition) is 5. The lowest BCUT2D eigenvalue weighted by Gasteiger charge is -2.18. The second-order valence-electron chi connectivity index (χ2n) is 7.41. The molecule has 2 aromatic carbocycles. The van der Waals surface area contributed by atoms with Crippen molar-refractivity contribution >= 4 is 28.5 Å².